The van der Waals surface area contributed by atoms with Crippen molar-refractivity contribution in [3.05, 3.63) is 46.3 Å². The van der Waals surface area contributed by atoms with Crippen LogP contribution in [-0.4, -0.2) is 52.7 Å². The lowest BCUT2D eigenvalue weighted by Gasteiger charge is -2.17. The van der Waals surface area contributed by atoms with Crippen LogP contribution in [0.3, 0.4) is 0 Å². The number of anilines is 2. The summed E-state index contributed by atoms with van der Waals surface area (Å²) in [6.07, 6.45) is 1.00. The lowest BCUT2D eigenvalue weighted by molar-refractivity contribution is -0.0475. The van der Waals surface area contributed by atoms with Crippen molar-refractivity contribution in [2.24, 2.45) is 5.16 Å². The van der Waals surface area contributed by atoms with E-state index in [1.165, 1.54) is 0 Å². The van der Waals surface area contributed by atoms with Gasteiger partial charge in [-0.1, -0.05) is 22.8 Å². The van der Waals surface area contributed by atoms with E-state index in [1.807, 2.05) is 6.92 Å². The molecule has 168 valence electrons. The number of nitrogens with zero attached hydrogens (tertiary/aromatic N) is 4. The van der Waals surface area contributed by atoms with Crippen molar-refractivity contribution in [2.45, 2.75) is 18.9 Å². The molecule has 0 atom stereocenters. The number of alkyl halides is 3. The second-order valence-corrected chi connectivity index (χ2v) is 8.74. The Bertz CT molecular complexity index is 1130. The van der Waals surface area contributed by atoms with Gasteiger partial charge in [0.15, 0.2) is 5.69 Å². The number of benzene rings is 1. The summed E-state index contributed by atoms with van der Waals surface area (Å²) in [5.41, 5.74) is -3.69. The molecular weight excluding hydrogens is 465 g/mol. The molecular formula is C16H16ClF3N6O4S. The molecule has 1 aliphatic rings. The van der Waals surface area contributed by atoms with Crippen molar-refractivity contribution in [3.63, 3.8) is 0 Å². The Balaban J connectivity index is 1.70. The fraction of sp³-hybridized carbons (Fsp3) is 0.312. The smallest absolute Gasteiger partial charge is 0.409 e. The minimum Gasteiger partial charge on any atom is -0.409 e. The summed E-state index contributed by atoms with van der Waals surface area (Å²) >= 11 is 6.07. The molecule has 0 radical (unpaired) electrons. The molecule has 0 spiro atoms. The van der Waals surface area contributed by atoms with Gasteiger partial charge >= 0.3 is 15.5 Å². The van der Waals surface area contributed by atoms with Gasteiger partial charge in [-0.15, -0.1) is 0 Å². The van der Waals surface area contributed by atoms with Gasteiger partial charge in [-0.3, -0.25) is 4.31 Å². The second kappa shape index (κ2) is 8.63. The van der Waals surface area contributed by atoms with Crippen molar-refractivity contribution in [2.75, 3.05) is 23.7 Å². The lowest BCUT2D eigenvalue weighted by Crippen LogP contribution is -2.36. The zero-order valence-electron chi connectivity index (χ0n) is 15.8. The Labute approximate surface area is 179 Å². The van der Waals surface area contributed by atoms with E-state index in [1.54, 1.807) is 18.2 Å². The number of rotatable bonds is 6. The van der Waals surface area contributed by atoms with Crippen molar-refractivity contribution in [3.8, 4) is 0 Å². The number of halogens is 4. The standard InChI is InChI=1S/C16H16ClF3N6O4S/c1-9-2-3-11(6-12(9)17)22-15(23-27)13-14(25-30-24-13)21-7-10-4-5-26(8-10)31(28,29)16(18,19)20/h2-3,6,8,27H,4-5,7H2,1H3,(H,21,25)(H,22,23). The molecule has 3 rings (SSSR count). The van der Waals surface area contributed by atoms with Crippen molar-refractivity contribution < 1.29 is 31.4 Å². The summed E-state index contributed by atoms with van der Waals surface area (Å²) in [4.78, 5) is 0. The van der Waals surface area contributed by atoms with Gasteiger partial charge in [-0.2, -0.15) is 21.6 Å². The minimum absolute atomic E-state index is 0.0161. The number of hydrogen-bond acceptors (Lipinski definition) is 8. The SMILES string of the molecule is Cc1ccc(N/C(=N\O)c2nonc2NCC2=CN(S(=O)(=O)C(F)(F)F)CC2)cc1Cl. The van der Waals surface area contributed by atoms with Gasteiger partial charge in [0.05, 0.1) is 0 Å². The molecule has 0 aliphatic carbocycles. The highest BCUT2D eigenvalue weighted by atomic mass is 35.5. The van der Waals surface area contributed by atoms with Gasteiger partial charge < -0.3 is 15.8 Å². The monoisotopic (exact) mass is 480 g/mol. The Morgan fingerprint density at radius 1 is 1.39 bits per heavy atom. The number of aryl methyl sites for hydroxylation is 1. The third-order valence-corrected chi connectivity index (χ3v) is 6.21. The third kappa shape index (κ3) is 4.85. The summed E-state index contributed by atoms with van der Waals surface area (Å²) in [6, 6.07) is 5.03. The average molecular weight is 481 g/mol. The molecule has 31 heavy (non-hydrogen) atoms. The van der Waals surface area contributed by atoms with Crippen molar-refractivity contribution >= 4 is 39.0 Å². The predicted octanol–water partition coefficient (Wildman–Crippen LogP) is 3.13. The molecule has 1 aromatic carbocycles. The largest absolute Gasteiger partial charge is 0.516 e. The van der Waals surface area contributed by atoms with Crippen LogP contribution in [0.4, 0.5) is 24.7 Å². The van der Waals surface area contributed by atoms with Crippen LogP contribution in [0.2, 0.25) is 5.02 Å². The molecule has 0 bridgehead atoms. The lowest BCUT2D eigenvalue weighted by atomic mass is 10.2. The fourth-order valence-corrected chi connectivity index (χ4v) is 3.71. The van der Waals surface area contributed by atoms with Gasteiger partial charge in [-0.25, -0.2) is 4.63 Å². The topological polar surface area (TPSA) is 133 Å². The Morgan fingerprint density at radius 3 is 2.77 bits per heavy atom. The zero-order valence-corrected chi connectivity index (χ0v) is 17.4. The second-order valence-electron chi connectivity index (χ2n) is 6.45. The highest BCUT2D eigenvalue weighted by Gasteiger charge is 2.50. The van der Waals surface area contributed by atoms with Crippen LogP contribution >= 0.6 is 11.6 Å². The molecule has 2 heterocycles. The molecule has 0 saturated carbocycles. The van der Waals surface area contributed by atoms with Crippen LogP contribution in [0, 0.1) is 6.92 Å². The number of sulfonamides is 1. The molecule has 1 aromatic heterocycles. The van der Waals surface area contributed by atoms with Gasteiger partial charge in [-0.05, 0) is 46.9 Å². The van der Waals surface area contributed by atoms with E-state index in [0.717, 1.165) is 11.8 Å². The Hall–Kier alpha value is -3.00. The maximum atomic E-state index is 12.7. The summed E-state index contributed by atoms with van der Waals surface area (Å²) in [7, 11) is -5.44. The van der Waals surface area contributed by atoms with Gasteiger partial charge in [0.25, 0.3) is 0 Å². The van der Waals surface area contributed by atoms with Gasteiger partial charge in [0.2, 0.25) is 11.7 Å². The number of hydrogen-bond donors (Lipinski definition) is 3. The third-order valence-electron chi connectivity index (χ3n) is 4.31. The molecule has 0 saturated heterocycles. The number of amidine groups is 1. The Kier molecular flexibility index (Phi) is 6.31. The minimum atomic E-state index is -5.44. The first-order valence-electron chi connectivity index (χ1n) is 8.62. The highest BCUT2D eigenvalue weighted by molar-refractivity contribution is 7.90. The van der Waals surface area contributed by atoms with Crippen LogP contribution in [0.5, 0.6) is 0 Å². The normalized spacial score (nSPS) is 15.2. The van der Waals surface area contributed by atoms with E-state index in [2.05, 4.69) is 30.7 Å². The van der Waals surface area contributed by atoms with Crippen LogP contribution in [0.1, 0.15) is 17.7 Å². The van der Waals surface area contributed by atoms with E-state index < -0.39 is 15.5 Å². The quantitative estimate of drug-likeness (QED) is 0.248. The van der Waals surface area contributed by atoms with E-state index >= 15 is 0 Å². The van der Waals surface area contributed by atoms with Crippen molar-refractivity contribution in [1.82, 2.24) is 14.6 Å². The average Bonchev–Trinajstić information content (AvgIpc) is 3.36. The highest BCUT2D eigenvalue weighted by Crippen LogP contribution is 2.30. The molecule has 1 aliphatic heterocycles. The van der Waals surface area contributed by atoms with E-state index in [0.29, 0.717) is 16.3 Å². The maximum absolute atomic E-state index is 12.7. The number of oxime groups is 1. The maximum Gasteiger partial charge on any atom is 0.516 e. The molecule has 0 unspecified atom stereocenters. The molecule has 10 nitrogen and oxygen atoms in total. The predicted molar refractivity (Wildman–Crippen MR) is 105 cm³/mol. The first-order chi connectivity index (χ1) is 14.5. The van der Waals surface area contributed by atoms with Crippen molar-refractivity contribution in [1.29, 1.82) is 0 Å². The van der Waals surface area contributed by atoms with Crippen LogP contribution in [0.25, 0.3) is 0 Å². The Morgan fingerprint density at radius 2 is 2.13 bits per heavy atom. The zero-order chi connectivity index (χ0) is 22.8. The van der Waals surface area contributed by atoms with E-state index in [4.69, 9.17) is 11.6 Å². The molecule has 15 heteroatoms. The fourth-order valence-electron chi connectivity index (χ4n) is 2.64. The van der Waals surface area contributed by atoms with E-state index in [9.17, 15) is 26.8 Å². The molecule has 2 aromatic rings. The van der Waals surface area contributed by atoms with E-state index in [-0.39, 0.29) is 41.2 Å². The van der Waals surface area contributed by atoms with Crippen LogP contribution in [-0.2, 0) is 10.0 Å². The summed E-state index contributed by atoms with van der Waals surface area (Å²) in [5.74, 6) is -0.109. The number of nitrogens with one attached hydrogen (secondary N) is 2. The number of aromatic nitrogens is 2. The molecule has 0 fully saturated rings. The first-order valence-corrected chi connectivity index (χ1v) is 10.4. The van der Waals surface area contributed by atoms with Gasteiger partial charge in [0, 0.05) is 30.0 Å². The van der Waals surface area contributed by atoms with Crippen LogP contribution < -0.4 is 10.6 Å². The summed E-state index contributed by atoms with van der Waals surface area (Å²) in [5, 5.41) is 25.8. The van der Waals surface area contributed by atoms with Crippen LogP contribution in [0.15, 0.2) is 39.8 Å². The molecule has 3 N–H and O–H groups in total. The molecule has 0 amide bonds. The van der Waals surface area contributed by atoms with Gasteiger partial charge in [0.1, 0.15) is 0 Å². The summed E-state index contributed by atoms with van der Waals surface area (Å²) in [6.45, 7) is 1.44. The first kappa shape index (κ1) is 22.7. The summed E-state index contributed by atoms with van der Waals surface area (Å²) < 4.78 is 65.8.